The Labute approximate surface area is 158 Å². The van der Waals surface area contributed by atoms with E-state index in [0.717, 1.165) is 12.1 Å². The van der Waals surface area contributed by atoms with Gasteiger partial charge in [0.25, 0.3) is 0 Å². The van der Waals surface area contributed by atoms with Gasteiger partial charge in [0.1, 0.15) is 5.75 Å². The Morgan fingerprint density at radius 1 is 1.32 bits per heavy atom. The molecule has 0 aliphatic heterocycles. The predicted octanol–water partition coefficient (Wildman–Crippen LogP) is 3.39. The molecule has 0 spiro atoms. The van der Waals surface area contributed by atoms with Crippen LogP contribution in [0.1, 0.15) is 53.3 Å². The van der Waals surface area contributed by atoms with E-state index in [1.54, 1.807) is 6.92 Å². The number of rotatable bonds is 4. The van der Waals surface area contributed by atoms with Gasteiger partial charge in [-0.1, -0.05) is 5.16 Å². The number of hydrogen-bond acceptors (Lipinski definition) is 6. The lowest BCUT2D eigenvalue weighted by molar-refractivity contribution is -0.137. The number of ether oxygens (including phenoxy) is 1. The summed E-state index contributed by atoms with van der Waals surface area (Å²) < 4.78 is 49.6. The maximum absolute atomic E-state index is 13.0. The molecular formula is C18H17F3N4O3. The van der Waals surface area contributed by atoms with Crippen molar-refractivity contribution >= 4 is 5.91 Å². The Kier molecular flexibility index (Phi) is 5.53. The van der Waals surface area contributed by atoms with Gasteiger partial charge in [-0.2, -0.15) is 23.4 Å². The van der Waals surface area contributed by atoms with Gasteiger partial charge in [0.2, 0.25) is 0 Å². The van der Waals surface area contributed by atoms with Crippen LogP contribution in [0.15, 0.2) is 22.7 Å². The topological polar surface area (TPSA) is 101 Å². The number of nitrogens with zero attached hydrogens (tertiary/aromatic N) is 3. The Morgan fingerprint density at radius 3 is 2.61 bits per heavy atom. The predicted molar refractivity (Wildman–Crippen MR) is 89.3 cm³/mol. The van der Waals surface area contributed by atoms with Gasteiger partial charge in [-0.15, -0.1) is 0 Å². The quantitative estimate of drug-likeness (QED) is 0.853. The van der Waals surface area contributed by atoms with Crippen LogP contribution < -0.4 is 10.1 Å². The third-order valence-corrected chi connectivity index (χ3v) is 4.45. The van der Waals surface area contributed by atoms with Crippen molar-refractivity contribution in [3.05, 3.63) is 41.0 Å². The highest BCUT2D eigenvalue weighted by molar-refractivity contribution is 5.89. The Morgan fingerprint density at radius 2 is 2.04 bits per heavy atom. The molecule has 1 N–H and O–H groups in total. The van der Waals surface area contributed by atoms with E-state index >= 15 is 0 Å². The first-order valence-corrected chi connectivity index (χ1v) is 8.65. The van der Waals surface area contributed by atoms with E-state index in [1.807, 2.05) is 0 Å². The lowest BCUT2D eigenvalue weighted by atomic mass is 9.93. The SMILES string of the molecule is Cc1noc(C(=O)N[C@H]2CC[C@H](Oc3ccc(C#N)c(C(F)(F)F)c3)CC2)n1. The number of benzene rings is 1. The molecule has 1 heterocycles. The second-order valence-electron chi connectivity index (χ2n) is 6.53. The van der Waals surface area contributed by atoms with Gasteiger partial charge >= 0.3 is 18.0 Å². The molecule has 1 aromatic carbocycles. The Balaban J connectivity index is 1.56. The molecule has 0 bridgehead atoms. The van der Waals surface area contributed by atoms with E-state index in [1.165, 1.54) is 12.1 Å². The number of carbonyl (C=O) groups is 1. The number of aromatic nitrogens is 2. The van der Waals surface area contributed by atoms with Crippen molar-refractivity contribution in [3.63, 3.8) is 0 Å². The first kappa shape index (κ1) is 19.7. The van der Waals surface area contributed by atoms with E-state index in [9.17, 15) is 18.0 Å². The monoisotopic (exact) mass is 394 g/mol. The van der Waals surface area contributed by atoms with Crippen LogP contribution >= 0.6 is 0 Å². The highest BCUT2D eigenvalue weighted by Gasteiger charge is 2.34. The molecule has 0 unspecified atom stereocenters. The van der Waals surface area contributed by atoms with E-state index in [-0.39, 0.29) is 23.8 Å². The summed E-state index contributed by atoms with van der Waals surface area (Å²) in [6, 6.07) is 4.75. The van der Waals surface area contributed by atoms with Crippen LogP contribution in [-0.4, -0.2) is 28.2 Å². The molecule has 1 aromatic heterocycles. The lowest BCUT2D eigenvalue weighted by Gasteiger charge is -2.29. The number of carbonyl (C=O) groups excluding carboxylic acids is 1. The summed E-state index contributed by atoms with van der Waals surface area (Å²) in [6.07, 6.45) is -2.56. The normalized spacial score (nSPS) is 19.7. The first-order chi connectivity index (χ1) is 13.3. The third kappa shape index (κ3) is 4.60. The van der Waals surface area contributed by atoms with Gasteiger partial charge in [-0.25, -0.2) is 0 Å². The molecule has 148 valence electrons. The number of nitriles is 1. The van der Waals surface area contributed by atoms with Gasteiger partial charge < -0.3 is 14.6 Å². The zero-order valence-corrected chi connectivity index (χ0v) is 14.9. The molecule has 1 aliphatic rings. The van der Waals surface area contributed by atoms with Crippen LogP contribution in [0.5, 0.6) is 5.75 Å². The maximum atomic E-state index is 13.0. The summed E-state index contributed by atoms with van der Waals surface area (Å²) in [4.78, 5) is 15.9. The van der Waals surface area contributed by atoms with E-state index in [2.05, 4.69) is 15.5 Å². The average Bonchev–Trinajstić information content (AvgIpc) is 3.09. The van der Waals surface area contributed by atoms with Crippen molar-refractivity contribution in [2.45, 2.75) is 50.9 Å². The second kappa shape index (κ2) is 7.88. The van der Waals surface area contributed by atoms with Crippen molar-refractivity contribution in [2.75, 3.05) is 0 Å². The molecule has 1 amide bonds. The third-order valence-electron chi connectivity index (χ3n) is 4.45. The minimum Gasteiger partial charge on any atom is -0.490 e. The standard InChI is InChI=1S/C18H17F3N4O3/c1-10-23-17(28-25-10)16(26)24-12-3-6-13(7-4-12)27-14-5-2-11(9-22)15(8-14)18(19,20)21/h2,5,8,12-13H,3-4,6-7H2,1H3,(H,24,26)/t12-,13-. The molecule has 1 fully saturated rings. The van der Waals surface area contributed by atoms with Crippen LogP contribution in [0.2, 0.25) is 0 Å². The summed E-state index contributed by atoms with van der Waals surface area (Å²) in [5.41, 5.74) is -1.45. The van der Waals surface area contributed by atoms with Crippen molar-refractivity contribution < 1.29 is 27.2 Å². The fourth-order valence-corrected chi connectivity index (χ4v) is 3.08. The zero-order chi connectivity index (χ0) is 20.3. The van der Waals surface area contributed by atoms with Crippen LogP contribution in [0.25, 0.3) is 0 Å². The van der Waals surface area contributed by atoms with Crippen LogP contribution in [0.3, 0.4) is 0 Å². The highest BCUT2D eigenvalue weighted by atomic mass is 19.4. The number of alkyl halides is 3. The van der Waals surface area contributed by atoms with Gasteiger partial charge in [-0.3, -0.25) is 4.79 Å². The molecule has 1 aliphatic carbocycles. The number of hydrogen-bond donors (Lipinski definition) is 1. The fraction of sp³-hybridized carbons (Fsp3) is 0.444. The molecule has 3 rings (SSSR count). The van der Waals surface area contributed by atoms with Crippen LogP contribution in [0, 0.1) is 18.3 Å². The molecule has 2 aromatic rings. The number of amides is 1. The summed E-state index contributed by atoms with van der Waals surface area (Å²) in [6.45, 7) is 1.61. The van der Waals surface area contributed by atoms with E-state index in [4.69, 9.17) is 14.5 Å². The van der Waals surface area contributed by atoms with Gasteiger partial charge in [0, 0.05) is 6.04 Å². The maximum Gasteiger partial charge on any atom is 0.417 e. The summed E-state index contributed by atoms with van der Waals surface area (Å²) >= 11 is 0. The number of nitrogens with one attached hydrogen (secondary N) is 1. The van der Waals surface area contributed by atoms with Crippen LogP contribution in [0.4, 0.5) is 13.2 Å². The second-order valence-corrected chi connectivity index (χ2v) is 6.53. The summed E-state index contributed by atoms with van der Waals surface area (Å²) in [5, 5.41) is 15.2. The minimum atomic E-state index is -4.63. The highest BCUT2D eigenvalue weighted by Crippen LogP contribution is 2.35. The smallest absolute Gasteiger partial charge is 0.417 e. The van der Waals surface area contributed by atoms with Crippen LogP contribution in [-0.2, 0) is 6.18 Å². The molecule has 10 heteroatoms. The summed E-state index contributed by atoms with van der Waals surface area (Å²) in [5.74, 6) is -0.122. The van der Waals surface area contributed by atoms with Gasteiger partial charge in [0.05, 0.1) is 23.3 Å². The molecule has 0 radical (unpaired) electrons. The van der Waals surface area contributed by atoms with Gasteiger partial charge in [0.15, 0.2) is 5.82 Å². The molecule has 0 saturated heterocycles. The average molecular weight is 394 g/mol. The number of halogens is 3. The largest absolute Gasteiger partial charge is 0.490 e. The number of aryl methyl sites for hydroxylation is 1. The zero-order valence-electron chi connectivity index (χ0n) is 14.9. The first-order valence-electron chi connectivity index (χ1n) is 8.65. The van der Waals surface area contributed by atoms with Crippen molar-refractivity contribution in [2.24, 2.45) is 0 Å². The molecule has 1 saturated carbocycles. The fourth-order valence-electron chi connectivity index (χ4n) is 3.08. The Hall–Kier alpha value is -3.09. The summed E-state index contributed by atoms with van der Waals surface area (Å²) in [7, 11) is 0. The molecule has 7 nitrogen and oxygen atoms in total. The van der Waals surface area contributed by atoms with Gasteiger partial charge in [-0.05, 0) is 50.8 Å². The molecule has 28 heavy (non-hydrogen) atoms. The molecular weight excluding hydrogens is 377 g/mol. The van der Waals surface area contributed by atoms with E-state index < -0.39 is 23.2 Å². The van der Waals surface area contributed by atoms with Crippen molar-refractivity contribution in [1.82, 2.24) is 15.5 Å². The van der Waals surface area contributed by atoms with E-state index in [0.29, 0.717) is 31.5 Å². The molecule has 0 atom stereocenters. The minimum absolute atomic E-state index is 0.0696. The Bertz CT molecular complexity index is 896. The van der Waals surface area contributed by atoms with Crippen molar-refractivity contribution in [1.29, 1.82) is 5.26 Å². The lowest BCUT2D eigenvalue weighted by Crippen LogP contribution is -2.39. The van der Waals surface area contributed by atoms with Crippen molar-refractivity contribution in [3.8, 4) is 11.8 Å².